The van der Waals surface area contributed by atoms with Crippen molar-refractivity contribution in [2.24, 2.45) is 11.8 Å². The first-order valence-corrected chi connectivity index (χ1v) is 8.34. The van der Waals surface area contributed by atoms with E-state index in [2.05, 4.69) is 5.32 Å². The third-order valence-corrected chi connectivity index (χ3v) is 5.76. The molecule has 1 heterocycles. The van der Waals surface area contributed by atoms with Crippen LogP contribution in [0.5, 0.6) is 0 Å². The topological polar surface area (TPSA) is 47.6 Å². The summed E-state index contributed by atoms with van der Waals surface area (Å²) in [7, 11) is 1.67. The second-order valence-electron chi connectivity index (χ2n) is 6.97. The Morgan fingerprint density at radius 1 is 1.43 bits per heavy atom. The van der Waals surface area contributed by atoms with Crippen molar-refractivity contribution in [1.29, 1.82) is 0 Å². The van der Waals surface area contributed by atoms with Crippen LogP contribution in [0.1, 0.15) is 24.8 Å². The van der Waals surface area contributed by atoms with Crippen LogP contribution in [-0.4, -0.2) is 38.4 Å². The van der Waals surface area contributed by atoms with Gasteiger partial charge in [-0.1, -0.05) is 18.2 Å². The number of methoxy groups -OCH3 is 1. The Morgan fingerprint density at radius 2 is 2.22 bits per heavy atom. The molecule has 3 aliphatic rings. The van der Waals surface area contributed by atoms with Gasteiger partial charge in [0.1, 0.15) is 5.82 Å². The molecule has 1 saturated heterocycles. The average molecular weight is 319 g/mol. The number of hydrogen-bond acceptors (Lipinski definition) is 3. The highest BCUT2D eigenvalue weighted by Crippen LogP contribution is 2.50. The smallest absolute Gasteiger partial charge is 0.231 e. The lowest BCUT2D eigenvalue weighted by Gasteiger charge is -2.48. The number of hydrogen-bond donors (Lipinski definition) is 1. The van der Waals surface area contributed by atoms with E-state index in [4.69, 9.17) is 9.47 Å². The van der Waals surface area contributed by atoms with Crippen LogP contribution in [-0.2, 0) is 19.7 Å². The molecule has 0 unspecified atom stereocenters. The summed E-state index contributed by atoms with van der Waals surface area (Å²) in [5.74, 6) is 0.242. The molecule has 3 fully saturated rings. The van der Waals surface area contributed by atoms with E-state index in [0.29, 0.717) is 30.9 Å². The monoisotopic (exact) mass is 319 g/mol. The maximum Gasteiger partial charge on any atom is 0.231 e. The van der Waals surface area contributed by atoms with E-state index < -0.39 is 5.41 Å². The van der Waals surface area contributed by atoms with Crippen LogP contribution in [0.25, 0.3) is 0 Å². The molecule has 1 aromatic carbocycles. The quantitative estimate of drug-likeness (QED) is 0.903. The Kier molecular flexibility index (Phi) is 3.65. The summed E-state index contributed by atoms with van der Waals surface area (Å²) in [4.78, 5) is 12.9. The van der Waals surface area contributed by atoms with Crippen molar-refractivity contribution in [3.05, 3.63) is 35.6 Å². The van der Waals surface area contributed by atoms with Crippen LogP contribution in [0.4, 0.5) is 4.39 Å². The molecule has 1 aliphatic heterocycles. The van der Waals surface area contributed by atoms with Crippen molar-refractivity contribution in [3.8, 4) is 0 Å². The number of rotatable bonds is 5. The number of nitrogens with one attached hydrogen (secondary N) is 1. The van der Waals surface area contributed by atoms with Gasteiger partial charge < -0.3 is 14.8 Å². The van der Waals surface area contributed by atoms with Crippen LogP contribution in [0.15, 0.2) is 24.3 Å². The van der Waals surface area contributed by atoms with Gasteiger partial charge in [-0.15, -0.1) is 0 Å². The first kappa shape index (κ1) is 15.1. The zero-order valence-electron chi connectivity index (χ0n) is 13.3. The predicted octanol–water partition coefficient (Wildman–Crippen LogP) is 2.02. The fourth-order valence-electron chi connectivity index (χ4n) is 4.32. The van der Waals surface area contributed by atoms with Crippen molar-refractivity contribution < 1.29 is 18.7 Å². The molecule has 0 aromatic heterocycles. The first-order valence-electron chi connectivity index (χ1n) is 8.34. The van der Waals surface area contributed by atoms with Crippen LogP contribution >= 0.6 is 0 Å². The molecule has 1 amide bonds. The van der Waals surface area contributed by atoms with Gasteiger partial charge in [0.05, 0.1) is 18.1 Å². The SMILES string of the molecule is COC[C@@H]1[C@H](NC(=O)C2(c3ccccc3F)CC2)[C@@H]2CCO[C@H]12. The molecule has 5 heteroatoms. The normalized spacial score (nSPS) is 33.7. The van der Waals surface area contributed by atoms with Gasteiger partial charge in [-0.25, -0.2) is 4.39 Å². The van der Waals surface area contributed by atoms with Gasteiger partial charge >= 0.3 is 0 Å². The Balaban J connectivity index is 1.51. The lowest BCUT2D eigenvalue weighted by molar-refractivity contribution is -0.132. The summed E-state index contributed by atoms with van der Waals surface area (Å²) in [5.41, 5.74) is -0.146. The summed E-state index contributed by atoms with van der Waals surface area (Å²) in [6.45, 7) is 1.33. The van der Waals surface area contributed by atoms with E-state index in [-0.39, 0.29) is 29.8 Å². The molecular formula is C18H22FNO3. The van der Waals surface area contributed by atoms with Gasteiger partial charge in [-0.3, -0.25) is 4.79 Å². The van der Waals surface area contributed by atoms with Gasteiger partial charge in [0.15, 0.2) is 0 Å². The highest BCUT2D eigenvalue weighted by Gasteiger charge is 2.58. The fraction of sp³-hybridized carbons (Fsp3) is 0.611. The van der Waals surface area contributed by atoms with Gasteiger partial charge in [-0.05, 0) is 25.3 Å². The number of halogens is 1. The summed E-state index contributed by atoms with van der Waals surface area (Å²) in [6.07, 6.45) is 2.60. The molecule has 2 aliphatic carbocycles. The molecule has 1 N–H and O–H groups in total. The number of amides is 1. The number of carbonyl (C=O) groups is 1. The minimum absolute atomic E-state index is 0.0425. The van der Waals surface area contributed by atoms with Crippen molar-refractivity contribution >= 4 is 5.91 Å². The van der Waals surface area contributed by atoms with Crippen molar-refractivity contribution in [2.45, 2.75) is 36.8 Å². The van der Waals surface area contributed by atoms with Gasteiger partial charge in [-0.2, -0.15) is 0 Å². The third kappa shape index (κ3) is 2.29. The number of benzene rings is 1. The van der Waals surface area contributed by atoms with E-state index >= 15 is 0 Å². The molecule has 0 spiro atoms. The molecule has 0 bridgehead atoms. The Labute approximate surface area is 135 Å². The Morgan fingerprint density at radius 3 is 2.91 bits per heavy atom. The minimum atomic E-state index is -0.673. The van der Waals surface area contributed by atoms with Crippen LogP contribution < -0.4 is 5.32 Å². The minimum Gasteiger partial charge on any atom is -0.384 e. The van der Waals surface area contributed by atoms with Crippen LogP contribution in [0.3, 0.4) is 0 Å². The standard InChI is InChI=1S/C18H22FNO3/c1-22-10-12-15(11-6-9-23-16(11)12)20-17(21)18(7-8-18)13-4-2-3-5-14(13)19/h2-5,11-12,15-16H,6-10H2,1H3,(H,20,21)/t11-,12+,15+,16-/m0/s1. The van der Waals surface area contributed by atoms with Crippen molar-refractivity contribution in [1.82, 2.24) is 5.32 Å². The molecule has 4 rings (SSSR count). The van der Waals surface area contributed by atoms with E-state index in [0.717, 1.165) is 13.0 Å². The van der Waals surface area contributed by atoms with Crippen LogP contribution in [0, 0.1) is 17.7 Å². The van der Waals surface area contributed by atoms with Crippen molar-refractivity contribution in [2.75, 3.05) is 20.3 Å². The number of fused-ring (bicyclic) bond motifs is 1. The molecule has 4 nitrogen and oxygen atoms in total. The summed E-state index contributed by atoms with van der Waals surface area (Å²) < 4.78 is 25.1. The predicted molar refractivity (Wildman–Crippen MR) is 82.5 cm³/mol. The van der Waals surface area contributed by atoms with E-state index in [1.165, 1.54) is 6.07 Å². The van der Waals surface area contributed by atoms with E-state index in [1.807, 2.05) is 0 Å². The second-order valence-corrected chi connectivity index (χ2v) is 6.97. The molecule has 2 saturated carbocycles. The highest BCUT2D eigenvalue weighted by atomic mass is 19.1. The van der Waals surface area contributed by atoms with Gasteiger partial charge in [0, 0.05) is 37.2 Å². The van der Waals surface area contributed by atoms with Crippen molar-refractivity contribution in [3.63, 3.8) is 0 Å². The maximum atomic E-state index is 14.1. The van der Waals surface area contributed by atoms with E-state index in [9.17, 15) is 9.18 Å². The lowest BCUT2D eigenvalue weighted by atomic mass is 9.67. The summed E-state index contributed by atoms with van der Waals surface area (Å²) in [5, 5.41) is 3.19. The molecule has 1 aromatic rings. The highest BCUT2D eigenvalue weighted by molar-refractivity contribution is 5.91. The summed E-state index contributed by atoms with van der Waals surface area (Å²) >= 11 is 0. The Bertz CT molecular complexity index is 616. The first-order chi connectivity index (χ1) is 11.2. The molecule has 124 valence electrons. The number of ether oxygens (including phenoxy) is 2. The molecule has 4 atom stereocenters. The fourth-order valence-corrected chi connectivity index (χ4v) is 4.32. The van der Waals surface area contributed by atoms with Crippen LogP contribution in [0.2, 0.25) is 0 Å². The lowest BCUT2D eigenvalue weighted by Crippen LogP contribution is -2.63. The molecule has 0 radical (unpaired) electrons. The zero-order valence-corrected chi connectivity index (χ0v) is 13.3. The second kappa shape index (κ2) is 5.56. The third-order valence-electron chi connectivity index (χ3n) is 5.76. The van der Waals surface area contributed by atoms with Gasteiger partial charge in [0.25, 0.3) is 0 Å². The summed E-state index contributed by atoms with van der Waals surface area (Å²) in [6, 6.07) is 6.70. The molecule has 23 heavy (non-hydrogen) atoms. The average Bonchev–Trinajstić information content (AvgIpc) is 3.25. The van der Waals surface area contributed by atoms with Gasteiger partial charge in [0.2, 0.25) is 5.91 Å². The largest absolute Gasteiger partial charge is 0.384 e. The zero-order chi connectivity index (χ0) is 16.0. The molecular weight excluding hydrogens is 297 g/mol. The number of carbonyl (C=O) groups excluding carboxylic acids is 1. The maximum absolute atomic E-state index is 14.1. The van der Waals surface area contributed by atoms with E-state index in [1.54, 1.807) is 25.3 Å². The Hall–Kier alpha value is -1.46.